The normalized spacial score (nSPS) is 11.2. The third-order valence-electron chi connectivity index (χ3n) is 2.82. The van der Waals surface area contributed by atoms with Gasteiger partial charge < -0.3 is 9.90 Å². The highest BCUT2D eigenvalue weighted by Gasteiger charge is 2.18. The van der Waals surface area contributed by atoms with Crippen molar-refractivity contribution in [2.75, 3.05) is 11.0 Å². The molecule has 0 radical (unpaired) electrons. The molecule has 0 aromatic heterocycles. The summed E-state index contributed by atoms with van der Waals surface area (Å²) in [4.78, 5) is 11.1. The maximum Gasteiger partial charge on any atom is 0.261 e. The molecule has 0 bridgehead atoms. The Bertz CT molecular complexity index is 821. The molecule has 0 aliphatic carbocycles. The molecule has 0 aliphatic heterocycles. The first-order valence-corrected chi connectivity index (χ1v) is 8.72. The summed E-state index contributed by atoms with van der Waals surface area (Å²) in [5.74, 6) is -2.83. The summed E-state index contributed by atoms with van der Waals surface area (Å²) < 4.78 is 40.3. The zero-order valence-electron chi connectivity index (χ0n) is 11.4. The van der Waals surface area contributed by atoms with Gasteiger partial charge in [-0.1, -0.05) is 12.1 Å². The molecule has 2 aromatic carbocycles. The van der Waals surface area contributed by atoms with Gasteiger partial charge in [-0.05, 0) is 36.6 Å². The van der Waals surface area contributed by atoms with Crippen LogP contribution in [0.4, 0.5) is 10.1 Å². The topological polar surface area (TPSA) is 86.3 Å². The minimum atomic E-state index is -4.04. The lowest BCUT2D eigenvalue weighted by Crippen LogP contribution is -2.24. The van der Waals surface area contributed by atoms with E-state index in [4.69, 9.17) is 0 Å². The smallest absolute Gasteiger partial charge is 0.261 e. The maximum absolute atomic E-state index is 13.3. The third kappa shape index (κ3) is 3.40. The Morgan fingerprint density at radius 2 is 1.91 bits per heavy atom. The standard InChI is InChI=1S/C14H12FNO4S2/c1-21-13-5-3-2-4-12(13)16-22(19,20)9-6-7-11(15)10(8-9)14(17)18/h2-8,16H,1H3,(H,17,18)/p-1. The molecule has 22 heavy (non-hydrogen) atoms. The quantitative estimate of drug-likeness (QED) is 0.838. The van der Waals surface area contributed by atoms with Gasteiger partial charge in [0.2, 0.25) is 0 Å². The molecule has 0 amide bonds. The van der Waals surface area contributed by atoms with Gasteiger partial charge in [-0.3, -0.25) is 4.72 Å². The lowest BCUT2D eigenvalue weighted by atomic mass is 10.2. The number of para-hydroxylation sites is 1. The molecule has 8 heteroatoms. The molecule has 0 heterocycles. The molecule has 0 unspecified atom stereocenters. The largest absolute Gasteiger partial charge is 0.545 e. The second-order valence-electron chi connectivity index (χ2n) is 4.23. The zero-order valence-corrected chi connectivity index (χ0v) is 13.0. The fourth-order valence-electron chi connectivity index (χ4n) is 1.76. The van der Waals surface area contributed by atoms with Crippen LogP contribution in [0.25, 0.3) is 0 Å². The summed E-state index contributed by atoms with van der Waals surface area (Å²) in [6.07, 6.45) is 1.79. The van der Waals surface area contributed by atoms with Crippen LogP contribution in [-0.2, 0) is 10.0 Å². The van der Waals surface area contributed by atoms with Gasteiger partial charge in [-0.15, -0.1) is 11.8 Å². The van der Waals surface area contributed by atoms with Crippen molar-refractivity contribution >= 4 is 33.4 Å². The molecule has 0 saturated carbocycles. The number of sulfonamides is 1. The zero-order chi connectivity index (χ0) is 16.3. The minimum Gasteiger partial charge on any atom is -0.545 e. The van der Waals surface area contributed by atoms with Gasteiger partial charge in [-0.25, -0.2) is 12.8 Å². The number of benzene rings is 2. The van der Waals surface area contributed by atoms with Crippen molar-refractivity contribution in [3.8, 4) is 0 Å². The minimum absolute atomic E-state index is 0.356. The van der Waals surface area contributed by atoms with Crippen molar-refractivity contribution in [1.82, 2.24) is 0 Å². The summed E-state index contributed by atoms with van der Waals surface area (Å²) >= 11 is 1.35. The molecular weight excluding hydrogens is 329 g/mol. The summed E-state index contributed by atoms with van der Waals surface area (Å²) in [5.41, 5.74) is -0.449. The second-order valence-corrected chi connectivity index (χ2v) is 6.77. The molecule has 0 atom stereocenters. The lowest BCUT2D eigenvalue weighted by molar-refractivity contribution is -0.255. The molecule has 0 aliphatic rings. The first-order chi connectivity index (χ1) is 10.3. The molecular formula is C14H11FNO4S2-. The number of thioether (sulfide) groups is 1. The van der Waals surface area contributed by atoms with E-state index in [1.54, 1.807) is 30.5 Å². The van der Waals surface area contributed by atoms with Crippen LogP contribution in [-0.4, -0.2) is 20.6 Å². The van der Waals surface area contributed by atoms with E-state index in [-0.39, 0.29) is 4.90 Å². The number of nitrogens with one attached hydrogen (secondary N) is 1. The average molecular weight is 340 g/mol. The molecule has 2 aromatic rings. The van der Waals surface area contributed by atoms with Gasteiger partial charge in [0.1, 0.15) is 5.82 Å². The molecule has 2 rings (SSSR count). The first-order valence-electron chi connectivity index (χ1n) is 6.02. The SMILES string of the molecule is CSc1ccccc1NS(=O)(=O)c1ccc(F)c(C(=O)[O-])c1. The van der Waals surface area contributed by atoms with E-state index in [0.29, 0.717) is 10.6 Å². The highest BCUT2D eigenvalue weighted by molar-refractivity contribution is 7.99. The summed E-state index contributed by atoms with van der Waals surface area (Å²) in [5, 5.41) is 10.8. The van der Waals surface area contributed by atoms with E-state index in [0.717, 1.165) is 18.2 Å². The van der Waals surface area contributed by atoms with E-state index in [1.807, 2.05) is 0 Å². The third-order valence-corrected chi connectivity index (χ3v) is 4.98. The van der Waals surface area contributed by atoms with E-state index in [1.165, 1.54) is 11.8 Å². The van der Waals surface area contributed by atoms with Crippen molar-refractivity contribution in [2.45, 2.75) is 9.79 Å². The summed E-state index contributed by atoms with van der Waals surface area (Å²) in [6.45, 7) is 0. The summed E-state index contributed by atoms with van der Waals surface area (Å²) in [7, 11) is -4.04. The van der Waals surface area contributed by atoms with Crippen LogP contribution in [0.1, 0.15) is 10.4 Å². The molecule has 0 spiro atoms. The number of carboxylic acids is 1. The fraction of sp³-hybridized carbons (Fsp3) is 0.0714. The van der Waals surface area contributed by atoms with Crippen LogP contribution in [0.2, 0.25) is 0 Å². The maximum atomic E-state index is 13.3. The van der Waals surface area contributed by atoms with Crippen molar-refractivity contribution in [3.63, 3.8) is 0 Å². The van der Waals surface area contributed by atoms with Crippen LogP contribution < -0.4 is 9.83 Å². The molecule has 0 fully saturated rings. The van der Waals surface area contributed by atoms with E-state index < -0.39 is 27.4 Å². The van der Waals surface area contributed by atoms with Crippen molar-refractivity contribution in [1.29, 1.82) is 0 Å². The van der Waals surface area contributed by atoms with E-state index >= 15 is 0 Å². The van der Waals surface area contributed by atoms with Gasteiger partial charge in [0.15, 0.2) is 0 Å². The molecule has 0 saturated heterocycles. The number of hydrogen-bond acceptors (Lipinski definition) is 5. The van der Waals surface area contributed by atoms with Crippen molar-refractivity contribution in [3.05, 3.63) is 53.8 Å². The van der Waals surface area contributed by atoms with Crippen LogP contribution >= 0.6 is 11.8 Å². The number of aromatic carboxylic acids is 1. The number of hydrogen-bond donors (Lipinski definition) is 1. The number of carbonyl (C=O) groups is 1. The first kappa shape index (κ1) is 16.3. The van der Waals surface area contributed by atoms with Crippen LogP contribution in [0.15, 0.2) is 52.3 Å². The number of anilines is 1. The van der Waals surface area contributed by atoms with Gasteiger partial charge in [-0.2, -0.15) is 0 Å². The highest BCUT2D eigenvalue weighted by Crippen LogP contribution is 2.27. The Morgan fingerprint density at radius 3 is 2.55 bits per heavy atom. The number of rotatable bonds is 5. The predicted molar refractivity (Wildman–Crippen MR) is 79.8 cm³/mol. The Hall–Kier alpha value is -2.06. The monoisotopic (exact) mass is 340 g/mol. The van der Waals surface area contributed by atoms with E-state index in [9.17, 15) is 22.7 Å². The number of carboxylic acid groups (broad SMARTS) is 1. The van der Waals surface area contributed by atoms with Gasteiger partial charge >= 0.3 is 0 Å². The Labute approximate surface area is 131 Å². The van der Waals surface area contributed by atoms with Gasteiger partial charge in [0.05, 0.1) is 16.6 Å². The van der Waals surface area contributed by atoms with Crippen molar-refractivity contribution in [2.24, 2.45) is 0 Å². The second kappa shape index (κ2) is 6.37. The number of carbonyl (C=O) groups excluding carboxylic acids is 1. The Kier molecular flexibility index (Phi) is 4.72. The van der Waals surface area contributed by atoms with Crippen LogP contribution in [0.3, 0.4) is 0 Å². The lowest BCUT2D eigenvalue weighted by Gasteiger charge is -2.12. The van der Waals surface area contributed by atoms with Crippen LogP contribution in [0.5, 0.6) is 0 Å². The predicted octanol–water partition coefficient (Wildman–Crippen LogP) is 1.71. The summed E-state index contributed by atoms with van der Waals surface area (Å²) in [6, 6.07) is 9.23. The average Bonchev–Trinajstić information content (AvgIpc) is 2.47. The van der Waals surface area contributed by atoms with Crippen molar-refractivity contribution < 1.29 is 22.7 Å². The Morgan fingerprint density at radius 1 is 1.23 bits per heavy atom. The van der Waals surface area contributed by atoms with E-state index in [2.05, 4.69) is 4.72 Å². The molecule has 116 valence electrons. The van der Waals surface area contributed by atoms with Gasteiger partial charge in [0.25, 0.3) is 10.0 Å². The fourth-order valence-corrected chi connectivity index (χ4v) is 3.48. The highest BCUT2D eigenvalue weighted by atomic mass is 32.2. The number of halogens is 1. The van der Waals surface area contributed by atoms with Gasteiger partial charge in [0, 0.05) is 10.5 Å². The molecule has 5 nitrogen and oxygen atoms in total. The van der Waals surface area contributed by atoms with Crippen LogP contribution in [0, 0.1) is 5.82 Å². The Balaban J connectivity index is 2.43. The molecule has 1 N–H and O–H groups in total.